The Morgan fingerprint density at radius 2 is 1.94 bits per heavy atom. The molecule has 0 aliphatic carbocycles. The van der Waals surface area contributed by atoms with Gasteiger partial charge in [0.2, 0.25) is 0 Å². The van der Waals surface area contributed by atoms with Crippen molar-refractivity contribution < 1.29 is 0 Å². The molecule has 4 heteroatoms. The highest BCUT2D eigenvalue weighted by Crippen LogP contribution is 2.29. The van der Waals surface area contributed by atoms with Crippen molar-refractivity contribution >= 4 is 11.5 Å². The standard InChI is InChI=1S/C12H12N4/c13-9-3-1-8(2-4-9)11-10-5-6-14-12(10)16-7-15-11/h1-4,7H,5-6,13H2,(H,14,15,16). The fourth-order valence-electron chi connectivity index (χ4n) is 2.00. The number of aromatic nitrogens is 2. The van der Waals surface area contributed by atoms with E-state index in [9.17, 15) is 0 Å². The van der Waals surface area contributed by atoms with Gasteiger partial charge in [-0.05, 0) is 18.6 Å². The van der Waals surface area contributed by atoms with Gasteiger partial charge in [0.1, 0.15) is 12.1 Å². The molecule has 0 unspecified atom stereocenters. The summed E-state index contributed by atoms with van der Waals surface area (Å²) in [5.41, 5.74) is 9.75. The second-order valence-corrected chi connectivity index (χ2v) is 3.85. The lowest BCUT2D eigenvalue weighted by molar-refractivity contribution is 1.09. The van der Waals surface area contributed by atoms with Crippen LogP contribution in [0.25, 0.3) is 11.3 Å². The third kappa shape index (κ3) is 1.39. The first-order valence-corrected chi connectivity index (χ1v) is 5.28. The number of rotatable bonds is 1. The second kappa shape index (κ2) is 3.48. The van der Waals surface area contributed by atoms with Crippen LogP contribution in [0.5, 0.6) is 0 Å². The van der Waals surface area contributed by atoms with Gasteiger partial charge in [-0.15, -0.1) is 0 Å². The average molecular weight is 212 g/mol. The minimum Gasteiger partial charge on any atom is -0.399 e. The number of fused-ring (bicyclic) bond motifs is 1. The summed E-state index contributed by atoms with van der Waals surface area (Å²) < 4.78 is 0. The maximum atomic E-state index is 5.67. The maximum Gasteiger partial charge on any atom is 0.133 e. The van der Waals surface area contributed by atoms with Gasteiger partial charge in [0.05, 0.1) is 5.69 Å². The smallest absolute Gasteiger partial charge is 0.133 e. The van der Waals surface area contributed by atoms with E-state index in [-0.39, 0.29) is 0 Å². The van der Waals surface area contributed by atoms with E-state index in [1.807, 2.05) is 24.3 Å². The van der Waals surface area contributed by atoms with Crippen LogP contribution in [0.2, 0.25) is 0 Å². The van der Waals surface area contributed by atoms with Gasteiger partial charge in [-0.25, -0.2) is 9.97 Å². The Kier molecular flexibility index (Phi) is 1.99. The van der Waals surface area contributed by atoms with E-state index in [0.29, 0.717) is 0 Å². The Morgan fingerprint density at radius 3 is 2.75 bits per heavy atom. The van der Waals surface area contributed by atoms with Crippen LogP contribution in [0.1, 0.15) is 5.56 Å². The summed E-state index contributed by atoms with van der Waals surface area (Å²) in [6.45, 7) is 0.940. The van der Waals surface area contributed by atoms with E-state index in [1.165, 1.54) is 5.56 Å². The molecule has 0 saturated heterocycles. The summed E-state index contributed by atoms with van der Waals surface area (Å²) in [5.74, 6) is 0.960. The van der Waals surface area contributed by atoms with Crippen molar-refractivity contribution in [2.45, 2.75) is 6.42 Å². The highest BCUT2D eigenvalue weighted by Gasteiger charge is 2.17. The summed E-state index contributed by atoms with van der Waals surface area (Å²) in [4.78, 5) is 8.57. The fourth-order valence-corrected chi connectivity index (χ4v) is 2.00. The molecule has 2 aromatic rings. The third-order valence-corrected chi connectivity index (χ3v) is 2.80. The topological polar surface area (TPSA) is 63.8 Å². The maximum absolute atomic E-state index is 5.67. The Morgan fingerprint density at radius 1 is 1.12 bits per heavy atom. The quantitative estimate of drug-likeness (QED) is 0.706. The molecule has 0 radical (unpaired) electrons. The molecule has 3 N–H and O–H groups in total. The molecule has 0 saturated carbocycles. The monoisotopic (exact) mass is 212 g/mol. The lowest BCUT2D eigenvalue weighted by Crippen LogP contribution is -1.94. The first-order chi connectivity index (χ1) is 7.84. The van der Waals surface area contributed by atoms with E-state index in [1.54, 1.807) is 6.33 Å². The zero-order valence-corrected chi connectivity index (χ0v) is 8.77. The molecule has 0 atom stereocenters. The van der Waals surface area contributed by atoms with E-state index >= 15 is 0 Å². The molecule has 0 bridgehead atoms. The van der Waals surface area contributed by atoms with E-state index in [4.69, 9.17) is 5.73 Å². The Labute approximate surface area is 93.5 Å². The number of nitrogens with two attached hydrogens (primary N) is 1. The summed E-state index contributed by atoms with van der Waals surface area (Å²) in [6.07, 6.45) is 2.58. The van der Waals surface area contributed by atoms with Gasteiger partial charge >= 0.3 is 0 Å². The van der Waals surface area contributed by atoms with Gasteiger partial charge < -0.3 is 11.1 Å². The van der Waals surface area contributed by atoms with Gasteiger partial charge in [0.15, 0.2) is 0 Å². The first kappa shape index (κ1) is 9.15. The van der Waals surface area contributed by atoms with Crippen molar-refractivity contribution in [2.24, 2.45) is 0 Å². The largest absolute Gasteiger partial charge is 0.399 e. The Hall–Kier alpha value is -2.10. The molecule has 0 spiro atoms. The first-order valence-electron chi connectivity index (χ1n) is 5.28. The molecular weight excluding hydrogens is 200 g/mol. The van der Waals surface area contributed by atoms with Crippen molar-refractivity contribution in [2.75, 3.05) is 17.6 Å². The number of benzene rings is 1. The number of nitrogen functional groups attached to an aromatic ring is 1. The van der Waals surface area contributed by atoms with Crippen molar-refractivity contribution in [3.05, 3.63) is 36.2 Å². The number of anilines is 2. The van der Waals surface area contributed by atoms with Crippen LogP contribution in [0.15, 0.2) is 30.6 Å². The van der Waals surface area contributed by atoms with Crippen molar-refractivity contribution in [3.8, 4) is 11.3 Å². The van der Waals surface area contributed by atoms with E-state index in [2.05, 4.69) is 15.3 Å². The van der Waals surface area contributed by atoms with Gasteiger partial charge in [0, 0.05) is 23.4 Å². The summed E-state index contributed by atoms with van der Waals surface area (Å²) in [5, 5.41) is 3.25. The van der Waals surface area contributed by atoms with Gasteiger partial charge in [-0.3, -0.25) is 0 Å². The van der Waals surface area contributed by atoms with Crippen LogP contribution in [-0.2, 0) is 6.42 Å². The molecule has 80 valence electrons. The van der Waals surface area contributed by atoms with Crippen LogP contribution in [-0.4, -0.2) is 16.5 Å². The summed E-state index contributed by atoms with van der Waals surface area (Å²) >= 11 is 0. The molecular formula is C12H12N4. The van der Waals surface area contributed by atoms with Gasteiger partial charge in [-0.2, -0.15) is 0 Å². The number of hydrogen-bond acceptors (Lipinski definition) is 4. The zero-order valence-electron chi connectivity index (χ0n) is 8.77. The number of nitrogens with zero attached hydrogens (tertiary/aromatic N) is 2. The molecule has 1 aliphatic heterocycles. The molecule has 2 heterocycles. The van der Waals surface area contributed by atoms with E-state index in [0.717, 1.165) is 35.7 Å². The highest BCUT2D eigenvalue weighted by atomic mass is 15.0. The zero-order chi connectivity index (χ0) is 11.0. The third-order valence-electron chi connectivity index (χ3n) is 2.80. The molecule has 0 amide bonds. The van der Waals surface area contributed by atoms with Crippen LogP contribution < -0.4 is 11.1 Å². The van der Waals surface area contributed by atoms with E-state index < -0.39 is 0 Å². The Balaban J connectivity index is 2.13. The van der Waals surface area contributed by atoms with Crippen LogP contribution in [0, 0.1) is 0 Å². The van der Waals surface area contributed by atoms with Crippen LogP contribution >= 0.6 is 0 Å². The lowest BCUT2D eigenvalue weighted by Gasteiger charge is -2.06. The average Bonchev–Trinajstić information content (AvgIpc) is 2.78. The SMILES string of the molecule is Nc1ccc(-c2ncnc3c2CCN3)cc1. The van der Waals surface area contributed by atoms with Crippen LogP contribution in [0.3, 0.4) is 0 Å². The second-order valence-electron chi connectivity index (χ2n) is 3.85. The minimum atomic E-state index is 0.771. The lowest BCUT2D eigenvalue weighted by atomic mass is 10.1. The molecule has 16 heavy (non-hydrogen) atoms. The summed E-state index contributed by atoms with van der Waals surface area (Å²) in [7, 11) is 0. The molecule has 3 rings (SSSR count). The normalized spacial score (nSPS) is 13.2. The number of hydrogen-bond donors (Lipinski definition) is 2. The fraction of sp³-hybridized carbons (Fsp3) is 0.167. The predicted molar refractivity (Wildman–Crippen MR) is 64.1 cm³/mol. The van der Waals surface area contributed by atoms with Crippen LogP contribution in [0.4, 0.5) is 11.5 Å². The molecule has 1 aliphatic rings. The van der Waals surface area contributed by atoms with Crippen molar-refractivity contribution in [1.82, 2.24) is 9.97 Å². The molecule has 1 aromatic heterocycles. The molecule has 1 aromatic carbocycles. The minimum absolute atomic E-state index is 0.771. The highest BCUT2D eigenvalue weighted by molar-refractivity contribution is 5.71. The summed E-state index contributed by atoms with van der Waals surface area (Å²) in [6, 6.07) is 7.78. The van der Waals surface area contributed by atoms with Crippen molar-refractivity contribution in [1.29, 1.82) is 0 Å². The molecule has 4 nitrogen and oxygen atoms in total. The predicted octanol–water partition coefficient (Wildman–Crippen LogP) is 1.69. The van der Waals surface area contributed by atoms with Gasteiger partial charge in [-0.1, -0.05) is 12.1 Å². The number of nitrogens with one attached hydrogen (secondary N) is 1. The molecule has 0 fully saturated rings. The van der Waals surface area contributed by atoms with Gasteiger partial charge in [0.25, 0.3) is 0 Å². The Bertz CT molecular complexity index is 519. The van der Waals surface area contributed by atoms with Crippen molar-refractivity contribution in [3.63, 3.8) is 0 Å².